The lowest BCUT2D eigenvalue weighted by atomic mass is 10.2. The van der Waals surface area contributed by atoms with Crippen molar-refractivity contribution in [2.24, 2.45) is 5.92 Å². The summed E-state index contributed by atoms with van der Waals surface area (Å²) in [6, 6.07) is 3.97. The minimum atomic E-state index is -1.10. The minimum Gasteiger partial charge on any atom is -0.481 e. The molecule has 0 spiro atoms. The molecule has 1 rings (SSSR count). The number of thiophene rings is 1. The molecular formula is C11H15NO3S. The highest BCUT2D eigenvalue weighted by Gasteiger charge is 2.19. The molecule has 4 nitrogen and oxygen atoms in total. The smallest absolute Gasteiger partial charge is 0.315 e. The van der Waals surface area contributed by atoms with Crippen molar-refractivity contribution < 1.29 is 14.7 Å². The number of nitrogens with one attached hydrogen (secondary N) is 1. The number of aliphatic carboxylic acids is 1. The van der Waals surface area contributed by atoms with Gasteiger partial charge < -0.3 is 10.4 Å². The molecule has 0 bridgehead atoms. The summed E-state index contributed by atoms with van der Waals surface area (Å²) in [5.74, 6) is -2.54. The van der Waals surface area contributed by atoms with Gasteiger partial charge in [0.1, 0.15) is 5.92 Å². The van der Waals surface area contributed by atoms with E-state index in [2.05, 4.69) is 12.2 Å². The summed E-state index contributed by atoms with van der Waals surface area (Å²) in [6.07, 6.45) is 0.976. The molecule has 1 atom stereocenters. The van der Waals surface area contributed by atoms with Gasteiger partial charge in [-0.15, -0.1) is 11.3 Å². The van der Waals surface area contributed by atoms with Gasteiger partial charge in [-0.25, -0.2) is 0 Å². The Morgan fingerprint density at radius 2 is 2.06 bits per heavy atom. The summed E-state index contributed by atoms with van der Waals surface area (Å²) in [4.78, 5) is 24.2. The van der Waals surface area contributed by atoms with Crippen LogP contribution in [0.15, 0.2) is 12.1 Å². The lowest BCUT2D eigenvalue weighted by Crippen LogP contribution is -2.32. The topological polar surface area (TPSA) is 66.4 Å². The van der Waals surface area contributed by atoms with E-state index >= 15 is 0 Å². The summed E-state index contributed by atoms with van der Waals surface area (Å²) < 4.78 is 0. The van der Waals surface area contributed by atoms with Crippen LogP contribution in [-0.4, -0.2) is 17.0 Å². The molecule has 0 saturated heterocycles. The van der Waals surface area contributed by atoms with Gasteiger partial charge in [-0.3, -0.25) is 9.59 Å². The van der Waals surface area contributed by atoms with Crippen molar-refractivity contribution >= 4 is 23.2 Å². The molecule has 88 valence electrons. The van der Waals surface area contributed by atoms with E-state index < -0.39 is 17.8 Å². The van der Waals surface area contributed by atoms with Gasteiger partial charge in [-0.05, 0) is 25.5 Å². The third-order valence-electron chi connectivity index (χ3n) is 2.27. The van der Waals surface area contributed by atoms with Crippen LogP contribution in [0.5, 0.6) is 0 Å². The first-order valence-corrected chi connectivity index (χ1v) is 5.94. The molecule has 0 radical (unpaired) electrons. The van der Waals surface area contributed by atoms with Crippen LogP contribution in [0, 0.1) is 5.92 Å². The van der Waals surface area contributed by atoms with E-state index in [-0.39, 0.29) is 0 Å². The van der Waals surface area contributed by atoms with Crippen LogP contribution < -0.4 is 5.32 Å². The van der Waals surface area contributed by atoms with Gasteiger partial charge in [0.15, 0.2) is 0 Å². The molecule has 0 fully saturated rings. The van der Waals surface area contributed by atoms with E-state index in [9.17, 15) is 9.59 Å². The van der Waals surface area contributed by atoms with Crippen LogP contribution in [0.25, 0.3) is 0 Å². The second-order valence-corrected chi connectivity index (χ2v) is 4.75. The minimum absolute atomic E-state index is 0.404. The Bertz CT molecular complexity index is 386. The summed E-state index contributed by atoms with van der Waals surface area (Å²) in [5, 5.41) is 11.2. The second-order valence-electron chi connectivity index (χ2n) is 3.50. The monoisotopic (exact) mass is 241 g/mol. The molecular weight excluding hydrogens is 226 g/mol. The summed E-state index contributed by atoms with van der Waals surface area (Å²) in [7, 11) is 0. The SMILES string of the molecule is CCc1ccc(CNC(=O)C(C)C(=O)O)s1. The highest BCUT2D eigenvalue weighted by molar-refractivity contribution is 7.11. The average Bonchev–Trinajstić information content (AvgIpc) is 2.72. The zero-order valence-electron chi connectivity index (χ0n) is 9.32. The van der Waals surface area contributed by atoms with Crippen molar-refractivity contribution in [3.63, 3.8) is 0 Å². The van der Waals surface area contributed by atoms with E-state index in [4.69, 9.17) is 5.11 Å². The van der Waals surface area contributed by atoms with Crippen LogP contribution in [-0.2, 0) is 22.6 Å². The Hall–Kier alpha value is -1.36. The van der Waals surface area contributed by atoms with E-state index in [0.717, 1.165) is 11.3 Å². The average molecular weight is 241 g/mol. The molecule has 0 saturated carbocycles. The third kappa shape index (κ3) is 3.34. The quantitative estimate of drug-likeness (QED) is 0.770. The van der Waals surface area contributed by atoms with Crippen LogP contribution in [0.4, 0.5) is 0 Å². The Labute approximate surface area is 98.3 Å². The van der Waals surface area contributed by atoms with E-state index in [1.165, 1.54) is 11.8 Å². The molecule has 0 aromatic carbocycles. The molecule has 1 aromatic rings. The Morgan fingerprint density at radius 1 is 1.44 bits per heavy atom. The van der Waals surface area contributed by atoms with E-state index in [1.54, 1.807) is 11.3 Å². The van der Waals surface area contributed by atoms with E-state index in [0.29, 0.717) is 6.54 Å². The van der Waals surface area contributed by atoms with Crippen molar-refractivity contribution in [1.29, 1.82) is 0 Å². The number of rotatable bonds is 5. The lowest BCUT2D eigenvalue weighted by molar-refractivity contribution is -0.146. The number of carboxylic acids is 1. The van der Waals surface area contributed by atoms with Gasteiger partial charge in [0.25, 0.3) is 0 Å². The molecule has 1 unspecified atom stereocenters. The maximum atomic E-state index is 11.3. The van der Waals surface area contributed by atoms with Crippen molar-refractivity contribution in [3.8, 4) is 0 Å². The van der Waals surface area contributed by atoms with E-state index in [1.807, 2.05) is 12.1 Å². The molecule has 1 aromatic heterocycles. The Balaban J connectivity index is 2.45. The summed E-state index contributed by atoms with van der Waals surface area (Å²) in [5.41, 5.74) is 0. The van der Waals surface area contributed by atoms with Crippen molar-refractivity contribution in [1.82, 2.24) is 5.32 Å². The van der Waals surface area contributed by atoms with Crippen LogP contribution in [0.1, 0.15) is 23.6 Å². The normalized spacial score (nSPS) is 12.1. The first-order chi connectivity index (χ1) is 7.54. The summed E-state index contributed by atoms with van der Waals surface area (Å²) in [6.45, 7) is 3.85. The standard InChI is InChI=1S/C11H15NO3S/c1-3-8-4-5-9(16-8)6-12-10(13)7(2)11(14)15/h4-5,7H,3,6H2,1-2H3,(H,12,13)(H,14,15). The molecule has 1 amide bonds. The summed E-state index contributed by atoms with van der Waals surface area (Å²) >= 11 is 1.63. The Kier molecular flexibility index (Phi) is 4.49. The first kappa shape index (κ1) is 12.7. The van der Waals surface area contributed by atoms with Crippen molar-refractivity contribution in [3.05, 3.63) is 21.9 Å². The fraction of sp³-hybridized carbons (Fsp3) is 0.455. The number of carbonyl (C=O) groups excluding carboxylic acids is 1. The van der Waals surface area contributed by atoms with Gasteiger partial charge in [0, 0.05) is 9.75 Å². The molecule has 0 aliphatic rings. The molecule has 1 heterocycles. The molecule has 0 aliphatic heterocycles. The number of aryl methyl sites for hydroxylation is 1. The highest BCUT2D eigenvalue weighted by Crippen LogP contribution is 2.16. The molecule has 16 heavy (non-hydrogen) atoms. The van der Waals surface area contributed by atoms with Gasteiger partial charge in [0.2, 0.25) is 5.91 Å². The van der Waals surface area contributed by atoms with Crippen molar-refractivity contribution in [2.45, 2.75) is 26.8 Å². The van der Waals surface area contributed by atoms with Gasteiger partial charge in [-0.1, -0.05) is 6.92 Å². The predicted octanol–water partition coefficient (Wildman–Crippen LogP) is 1.65. The Morgan fingerprint density at radius 3 is 2.56 bits per heavy atom. The highest BCUT2D eigenvalue weighted by atomic mass is 32.1. The largest absolute Gasteiger partial charge is 0.481 e. The number of amides is 1. The molecule has 0 aliphatic carbocycles. The maximum Gasteiger partial charge on any atom is 0.315 e. The van der Waals surface area contributed by atoms with Gasteiger partial charge in [-0.2, -0.15) is 0 Å². The zero-order chi connectivity index (χ0) is 12.1. The van der Waals surface area contributed by atoms with Gasteiger partial charge >= 0.3 is 5.97 Å². The zero-order valence-corrected chi connectivity index (χ0v) is 10.1. The maximum absolute atomic E-state index is 11.3. The van der Waals surface area contributed by atoms with Crippen LogP contribution in [0.2, 0.25) is 0 Å². The molecule has 2 N–H and O–H groups in total. The predicted molar refractivity (Wildman–Crippen MR) is 62.3 cm³/mol. The number of hydrogen-bond donors (Lipinski definition) is 2. The van der Waals surface area contributed by atoms with Crippen LogP contribution in [0.3, 0.4) is 0 Å². The number of hydrogen-bond acceptors (Lipinski definition) is 3. The third-order valence-corrected chi connectivity index (χ3v) is 3.50. The number of carboxylic acid groups (broad SMARTS) is 1. The van der Waals surface area contributed by atoms with Gasteiger partial charge in [0.05, 0.1) is 6.54 Å². The fourth-order valence-corrected chi connectivity index (χ4v) is 2.04. The van der Waals surface area contributed by atoms with Crippen LogP contribution >= 0.6 is 11.3 Å². The number of carbonyl (C=O) groups is 2. The first-order valence-electron chi connectivity index (χ1n) is 5.12. The fourth-order valence-electron chi connectivity index (χ4n) is 1.15. The lowest BCUT2D eigenvalue weighted by Gasteiger charge is -2.06. The van der Waals surface area contributed by atoms with Crippen molar-refractivity contribution in [2.75, 3.05) is 0 Å². The molecule has 5 heteroatoms. The second kappa shape index (κ2) is 5.65.